The van der Waals surface area contributed by atoms with Crippen LogP contribution in [-0.4, -0.2) is 27.7 Å². The number of allylic oxidation sites excluding steroid dienone is 1. The van der Waals surface area contributed by atoms with Crippen LogP contribution < -0.4 is 10.1 Å². The second-order valence-corrected chi connectivity index (χ2v) is 4.25. The summed E-state index contributed by atoms with van der Waals surface area (Å²) in [4.78, 5) is 0. The van der Waals surface area contributed by atoms with Crippen LogP contribution in [0.4, 0.5) is 5.69 Å². The fourth-order valence-electron chi connectivity index (χ4n) is 1.33. The summed E-state index contributed by atoms with van der Waals surface area (Å²) < 4.78 is 6.03. The molecule has 96 valence electrons. The van der Waals surface area contributed by atoms with Crippen LogP contribution in [0.5, 0.6) is 5.75 Å². The smallest absolute Gasteiger partial charge is 0.216 e. The summed E-state index contributed by atoms with van der Waals surface area (Å²) in [5.41, 5.74) is 1.05. The van der Waals surface area contributed by atoms with Gasteiger partial charge in [-0.05, 0) is 33.3 Å². The number of aromatic amines is 1. The molecule has 2 rings (SSSR count). The van der Waals surface area contributed by atoms with E-state index in [1.165, 1.54) is 6.20 Å². The van der Waals surface area contributed by atoms with Crippen LogP contribution in [0.2, 0.25) is 0 Å². The molecule has 0 radical (unpaired) electrons. The van der Waals surface area contributed by atoms with E-state index >= 15 is 0 Å². The van der Waals surface area contributed by atoms with Crippen molar-refractivity contribution in [1.29, 1.82) is 5.26 Å². The third-order valence-electron chi connectivity index (χ3n) is 2.24. The second kappa shape index (κ2) is 5.97. The highest BCUT2D eigenvalue weighted by Gasteiger charge is 2.06. The number of ether oxygens (including phenoxy) is 1. The number of methoxy groups -OCH3 is 1. The zero-order valence-electron chi connectivity index (χ0n) is 9.88. The molecule has 0 bridgehead atoms. The molecule has 8 heteroatoms. The third-order valence-corrected chi connectivity index (χ3v) is 2.90. The zero-order chi connectivity index (χ0) is 13.7. The molecule has 2 N–H and O–H groups in total. The van der Waals surface area contributed by atoms with Crippen molar-refractivity contribution in [2.75, 3.05) is 12.4 Å². The molecule has 0 amide bonds. The van der Waals surface area contributed by atoms with Crippen molar-refractivity contribution in [2.45, 2.75) is 0 Å². The van der Waals surface area contributed by atoms with Crippen molar-refractivity contribution >= 4 is 27.2 Å². The van der Waals surface area contributed by atoms with Crippen LogP contribution in [0.1, 0.15) is 5.82 Å². The van der Waals surface area contributed by atoms with Gasteiger partial charge in [0.2, 0.25) is 5.82 Å². The highest BCUT2D eigenvalue weighted by Crippen LogP contribution is 2.28. The van der Waals surface area contributed by atoms with Gasteiger partial charge in [0.05, 0.1) is 11.6 Å². The predicted molar refractivity (Wildman–Crippen MR) is 72.1 cm³/mol. The van der Waals surface area contributed by atoms with Crippen molar-refractivity contribution in [3.8, 4) is 11.8 Å². The maximum atomic E-state index is 9.01. The topological polar surface area (TPSA) is 99.5 Å². The second-order valence-electron chi connectivity index (χ2n) is 3.40. The van der Waals surface area contributed by atoms with Gasteiger partial charge in [0.1, 0.15) is 17.4 Å². The van der Waals surface area contributed by atoms with Gasteiger partial charge < -0.3 is 10.1 Å². The van der Waals surface area contributed by atoms with E-state index < -0.39 is 0 Å². The minimum absolute atomic E-state index is 0.235. The van der Waals surface area contributed by atoms with Crippen molar-refractivity contribution in [3.05, 3.63) is 34.7 Å². The quantitative estimate of drug-likeness (QED) is 0.835. The van der Waals surface area contributed by atoms with Crippen molar-refractivity contribution in [3.63, 3.8) is 0 Å². The van der Waals surface area contributed by atoms with E-state index in [4.69, 9.17) is 10.00 Å². The van der Waals surface area contributed by atoms with E-state index in [1.54, 1.807) is 13.2 Å². The lowest BCUT2D eigenvalue weighted by Crippen LogP contribution is -1.94. The Hall–Kier alpha value is -2.40. The summed E-state index contributed by atoms with van der Waals surface area (Å²) in [5, 5.41) is 25.2. The van der Waals surface area contributed by atoms with Crippen molar-refractivity contribution in [1.82, 2.24) is 20.6 Å². The summed E-state index contributed by atoms with van der Waals surface area (Å²) in [5.74, 6) is 0.926. The van der Waals surface area contributed by atoms with E-state index in [-0.39, 0.29) is 11.4 Å². The largest absolute Gasteiger partial charge is 0.495 e. The fraction of sp³-hybridized carbons (Fsp3) is 0.0909. The number of nitrogens with one attached hydrogen (secondary N) is 2. The molecule has 0 unspecified atom stereocenters. The number of H-pyrrole nitrogens is 1. The number of tetrazole rings is 1. The molecule has 19 heavy (non-hydrogen) atoms. The SMILES string of the molecule is COc1cc(NC=C(C#N)c2nn[nH]n2)ccc1Br. The van der Waals surface area contributed by atoms with Gasteiger partial charge in [-0.25, -0.2) is 0 Å². The van der Waals surface area contributed by atoms with Gasteiger partial charge in [-0.3, -0.25) is 0 Å². The van der Waals surface area contributed by atoms with E-state index in [0.717, 1.165) is 10.2 Å². The molecule has 0 saturated heterocycles. The Bertz CT molecular complexity index is 631. The molecule has 2 aromatic rings. The Morgan fingerprint density at radius 1 is 1.58 bits per heavy atom. The summed E-state index contributed by atoms with van der Waals surface area (Å²) in [6.45, 7) is 0. The molecule has 0 aliphatic heterocycles. The van der Waals surface area contributed by atoms with Crippen LogP contribution in [-0.2, 0) is 0 Å². The molecule has 0 spiro atoms. The summed E-state index contributed by atoms with van der Waals surface area (Å²) >= 11 is 3.36. The molecule has 7 nitrogen and oxygen atoms in total. The normalized spacial score (nSPS) is 10.9. The lowest BCUT2D eigenvalue weighted by atomic mass is 10.2. The minimum Gasteiger partial charge on any atom is -0.495 e. The number of benzene rings is 1. The Morgan fingerprint density at radius 2 is 2.42 bits per heavy atom. The first-order chi connectivity index (χ1) is 9.24. The Labute approximate surface area is 117 Å². The zero-order valence-corrected chi connectivity index (χ0v) is 11.5. The van der Waals surface area contributed by atoms with Gasteiger partial charge in [-0.2, -0.15) is 10.5 Å². The molecular formula is C11H9BrN6O. The van der Waals surface area contributed by atoms with E-state index in [0.29, 0.717) is 5.75 Å². The molecule has 0 atom stereocenters. The maximum absolute atomic E-state index is 9.01. The number of nitriles is 1. The summed E-state index contributed by atoms with van der Waals surface area (Å²) in [6.07, 6.45) is 1.51. The number of aromatic nitrogens is 4. The molecule has 1 heterocycles. The van der Waals surface area contributed by atoms with Gasteiger partial charge in [0.25, 0.3) is 0 Å². The first kappa shape index (κ1) is 13.0. The molecule has 1 aromatic carbocycles. The maximum Gasteiger partial charge on any atom is 0.216 e. The average molecular weight is 321 g/mol. The van der Waals surface area contributed by atoms with E-state index in [1.807, 2.05) is 18.2 Å². The lowest BCUT2D eigenvalue weighted by molar-refractivity contribution is 0.412. The van der Waals surface area contributed by atoms with Crippen LogP contribution >= 0.6 is 15.9 Å². The molecule has 0 aliphatic rings. The Balaban J connectivity index is 2.20. The Morgan fingerprint density at radius 3 is 3.05 bits per heavy atom. The summed E-state index contributed by atoms with van der Waals surface area (Å²) in [7, 11) is 1.58. The van der Waals surface area contributed by atoms with Crippen LogP contribution in [0.25, 0.3) is 5.57 Å². The van der Waals surface area contributed by atoms with Crippen LogP contribution in [0.3, 0.4) is 0 Å². The van der Waals surface area contributed by atoms with Crippen molar-refractivity contribution < 1.29 is 4.74 Å². The summed E-state index contributed by atoms with van der Waals surface area (Å²) in [6, 6.07) is 7.47. The van der Waals surface area contributed by atoms with Gasteiger partial charge in [0, 0.05) is 18.0 Å². The molecule has 0 saturated carbocycles. The highest BCUT2D eigenvalue weighted by atomic mass is 79.9. The first-order valence-electron chi connectivity index (χ1n) is 5.18. The Kier molecular flexibility index (Phi) is 4.10. The fourth-order valence-corrected chi connectivity index (χ4v) is 1.74. The lowest BCUT2D eigenvalue weighted by Gasteiger charge is -2.06. The molecule has 1 aromatic heterocycles. The van der Waals surface area contributed by atoms with Gasteiger partial charge in [-0.1, -0.05) is 0 Å². The molecule has 0 fully saturated rings. The number of halogens is 1. The highest BCUT2D eigenvalue weighted by molar-refractivity contribution is 9.10. The minimum atomic E-state index is 0.235. The third kappa shape index (κ3) is 3.08. The molecular weight excluding hydrogens is 312 g/mol. The molecule has 0 aliphatic carbocycles. The number of hydrogen-bond donors (Lipinski definition) is 2. The number of hydrogen-bond acceptors (Lipinski definition) is 6. The number of anilines is 1. The van der Waals surface area contributed by atoms with E-state index in [2.05, 4.69) is 41.9 Å². The number of rotatable bonds is 4. The van der Waals surface area contributed by atoms with Gasteiger partial charge >= 0.3 is 0 Å². The monoisotopic (exact) mass is 320 g/mol. The van der Waals surface area contributed by atoms with Crippen LogP contribution in [0, 0.1) is 11.3 Å². The number of nitrogens with zero attached hydrogens (tertiary/aromatic N) is 4. The van der Waals surface area contributed by atoms with Crippen LogP contribution in [0.15, 0.2) is 28.9 Å². The van der Waals surface area contributed by atoms with Gasteiger partial charge in [0.15, 0.2) is 0 Å². The van der Waals surface area contributed by atoms with Gasteiger partial charge in [-0.15, -0.1) is 10.2 Å². The van der Waals surface area contributed by atoms with Crippen molar-refractivity contribution in [2.24, 2.45) is 0 Å². The standard InChI is InChI=1S/C11H9BrN6O/c1-19-10-4-8(2-3-9(10)12)14-6-7(5-13)11-15-17-18-16-11/h2-4,6,14H,1H3,(H,15,16,17,18). The van der Waals surface area contributed by atoms with E-state index in [9.17, 15) is 0 Å². The average Bonchev–Trinajstić information content (AvgIpc) is 2.95. The first-order valence-corrected chi connectivity index (χ1v) is 5.98. The predicted octanol–water partition coefficient (Wildman–Crippen LogP) is 1.95.